The molecule has 0 radical (unpaired) electrons. The number of halogens is 4. The van der Waals surface area contributed by atoms with Gasteiger partial charge in [0.05, 0.1) is 12.7 Å². The second-order valence-corrected chi connectivity index (χ2v) is 8.43. The Kier molecular flexibility index (Phi) is 8.29. The largest absolute Gasteiger partial charge is 0.490 e. The van der Waals surface area contributed by atoms with Crippen LogP contribution in [-0.2, 0) is 14.3 Å². The van der Waals surface area contributed by atoms with Gasteiger partial charge >= 0.3 is 12.1 Å². The first kappa shape index (κ1) is 24.7. The van der Waals surface area contributed by atoms with Gasteiger partial charge in [-0.2, -0.15) is 13.2 Å². The van der Waals surface area contributed by atoms with Crippen LogP contribution in [0.4, 0.5) is 17.6 Å². The summed E-state index contributed by atoms with van der Waals surface area (Å²) in [6.07, 6.45) is 0.994. The second kappa shape index (κ2) is 10.8. The summed E-state index contributed by atoms with van der Waals surface area (Å²) in [6.45, 7) is 6.16. The number of pyridine rings is 1. The molecule has 1 aromatic rings. The smallest absolute Gasteiger partial charge is 0.475 e. The van der Waals surface area contributed by atoms with Crippen molar-refractivity contribution in [2.45, 2.75) is 38.0 Å². The molecule has 0 saturated carbocycles. The van der Waals surface area contributed by atoms with Crippen molar-refractivity contribution in [2.24, 2.45) is 11.3 Å². The number of hydrogen-bond donors (Lipinski definition) is 1. The molecule has 0 amide bonds. The third kappa shape index (κ3) is 6.52. The highest BCUT2D eigenvalue weighted by atomic mass is 19.4. The molecule has 0 aliphatic carbocycles. The van der Waals surface area contributed by atoms with Crippen molar-refractivity contribution in [1.82, 2.24) is 9.88 Å². The fraction of sp³-hybridized carbons (Fsp3) is 0.714. The van der Waals surface area contributed by atoms with Crippen molar-refractivity contribution in [3.8, 4) is 5.88 Å². The number of nitrogens with zero attached hydrogens (tertiary/aromatic N) is 2. The van der Waals surface area contributed by atoms with Crippen LogP contribution < -0.4 is 4.74 Å². The molecule has 0 unspecified atom stereocenters. The summed E-state index contributed by atoms with van der Waals surface area (Å²) >= 11 is 0. The summed E-state index contributed by atoms with van der Waals surface area (Å²) in [7, 11) is 0. The lowest BCUT2D eigenvalue weighted by atomic mass is 9.77. The van der Waals surface area contributed by atoms with E-state index in [4.69, 9.17) is 24.1 Å². The number of likely N-dealkylation sites (tertiary alicyclic amines) is 1. The van der Waals surface area contributed by atoms with E-state index in [0.29, 0.717) is 6.61 Å². The molecule has 3 aliphatic heterocycles. The fourth-order valence-electron chi connectivity index (χ4n) is 4.49. The second-order valence-electron chi connectivity index (χ2n) is 8.43. The van der Waals surface area contributed by atoms with E-state index < -0.39 is 18.0 Å². The highest BCUT2D eigenvalue weighted by Crippen LogP contribution is 2.41. The number of rotatable bonds is 5. The summed E-state index contributed by atoms with van der Waals surface area (Å²) in [5.74, 6) is -2.33. The lowest BCUT2D eigenvalue weighted by Crippen LogP contribution is -2.53. The maximum Gasteiger partial charge on any atom is 0.490 e. The van der Waals surface area contributed by atoms with Gasteiger partial charge in [-0.05, 0) is 43.7 Å². The SMILES string of the molecule is Fc1cccnc1OC[C@@]12CCO[C@@H]1CCN(CC1CCOCC1)C2.O=C(O)C(F)(F)F. The monoisotopic (exact) mass is 464 g/mol. The number of alkyl halides is 3. The van der Waals surface area contributed by atoms with Gasteiger partial charge in [-0.15, -0.1) is 0 Å². The Bertz CT molecular complexity index is 760. The number of ether oxygens (including phenoxy) is 3. The number of aromatic nitrogens is 1. The normalized spacial score (nSPS) is 26.7. The van der Waals surface area contributed by atoms with Gasteiger partial charge in [0.25, 0.3) is 0 Å². The third-order valence-electron chi connectivity index (χ3n) is 6.17. The van der Waals surface area contributed by atoms with E-state index in [1.54, 1.807) is 12.3 Å². The van der Waals surface area contributed by atoms with Crippen LogP contribution >= 0.6 is 0 Å². The van der Waals surface area contributed by atoms with Crippen LogP contribution in [-0.4, -0.2) is 79.3 Å². The Morgan fingerprint density at radius 3 is 2.66 bits per heavy atom. The van der Waals surface area contributed by atoms with Crippen molar-refractivity contribution in [3.05, 3.63) is 24.1 Å². The van der Waals surface area contributed by atoms with Gasteiger partial charge in [0.15, 0.2) is 5.82 Å². The van der Waals surface area contributed by atoms with Crippen molar-refractivity contribution in [2.75, 3.05) is 46.1 Å². The van der Waals surface area contributed by atoms with Crippen LogP contribution in [0.5, 0.6) is 5.88 Å². The topological polar surface area (TPSA) is 81.1 Å². The Morgan fingerprint density at radius 2 is 2.00 bits per heavy atom. The molecular formula is C21H28F4N2O5. The fourth-order valence-corrected chi connectivity index (χ4v) is 4.49. The highest BCUT2D eigenvalue weighted by molar-refractivity contribution is 5.73. The summed E-state index contributed by atoms with van der Waals surface area (Å²) in [5.41, 5.74) is -0.0482. The van der Waals surface area contributed by atoms with Crippen molar-refractivity contribution < 1.29 is 41.7 Å². The zero-order chi connectivity index (χ0) is 23.2. The first-order valence-corrected chi connectivity index (χ1v) is 10.6. The Morgan fingerprint density at radius 1 is 1.28 bits per heavy atom. The first-order valence-electron chi connectivity index (χ1n) is 10.6. The van der Waals surface area contributed by atoms with Crippen LogP contribution in [0, 0.1) is 17.2 Å². The van der Waals surface area contributed by atoms with Crippen molar-refractivity contribution in [1.29, 1.82) is 0 Å². The van der Waals surface area contributed by atoms with E-state index in [1.165, 1.54) is 6.07 Å². The molecule has 3 saturated heterocycles. The van der Waals surface area contributed by atoms with Gasteiger partial charge in [-0.1, -0.05) is 0 Å². The minimum Gasteiger partial charge on any atom is -0.475 e. The number of fused-ring (bicyclic) bond motifs is 1. The molecular weight excluding hydrogens is 436 g/mol. The standard InChI is InChI=1S/C19H27FN2O3.C2HF3O2/c20-16-2-1-7-21-18(16)25-14-19-6-11-24-17(19)3-8-22(13-19)12-15-4-9-23-10-5-15;3-2(4,5)1(6)7/h1-2,7,15,17H,3-6,8-14H2;(H,6,7)/t17-,19+;/m1./s1. The molecule has 3 fully saturated rings. The summed E-state index contributed by atoms with van der Waals surface area (Å²) in [4.78, 5) is 15.5. The van der Waals surface area contributed by atoms with Crippen LogP contribution in [0.15, 0.2) is 18.3 Å². The number of carboxylic acid groups (broad SMARTS) is 1. The predicted molar refractivity (Wildman–Crippen MR) is 105 cm³/mol. The average Bonchev–Trinajstić information content (AvgIpc) is 3.17. The Labute approximate surface area is 183 Å². The van der Waals surface area contributed by atoms with Gasteiger partial charge in [-0.3, -0.25) is 0 Å². The molecule has 4 heterocycles. The zero-order valence-electron chi connectivity index (χ0n) is 17.7. The van der Waals surface area contributed by atoms with Gasteiger partial charge in [0, 0.05) is 51.1 Å². The van der Waals surface area contributed by atoms with E-state index in [1.807, 2.05) is 0 Å². The molecule has 7 nitrogen and oxygen atoms in total. The maximum absolute atomic E-state index is 13.8. The minimum absolute atomic E-state index is 0.0482. The van der Waals surface area contributed by atoms with Crippen LogP contribution in [0.3, 0.4) is 0 Å². The highest BCUT2D eigenvalue weighted by Gasteiger charge is 2.49. The van der Waals surface area contributed by atoms with Gasteiger partial charge < -0.3 is 24.2 Å². The molecule has 32 heavy (non-hydrogen) atoms. The summed E-state index contributed by atoms with van der Waals surface area (Å²) < 4.78 is 62.8. The zero-order valence-corrected chi connectivity index (χ0v) is 17.7. The number of aliphatic carboxylic acids is 1. The number of carboxylic acids is 1. The summed E-state index contributed by atoms with van der Waals surface area (Å²) in [6, 6.07) is 2.97. The number of hydrogen-bond acceptors (Lipinski definition) is 6. The van der Waals surface area contributed by atoms with Crippen molar-refractivity contribution >= 4 is 5.97 Å². The minimum atomic E-state index is -5.08. The third-order valence-corrected chi connectivity index (χ3v) is 6.17. The molecule has 180 valence electrons. The molecule has 11 heteroatoms. The molecule has 1 aromatic heterocycles. The van der Waals surface area contributed by atoms with Crippen LogP contribution in [0.1, 0.15) is 25.7 Å². The molecule has 0 bridgehead atoms. The molecule has 0 spiro atoms. The van der Waals surface area contributed by atoms with Gasteiger partial charge in [0.1, 0.15) is 0 Å². The lowest BCUT2D eigenvalue weighted by molar-refractivity contribution is -0.192. The average molecular weight is 464 g/mol. The van der Waals surface area contributed by atoms with E-state index in [0.717, 1.165) is 71.1 Å². The quantitative estimate of drug-likeness (QED) is 0.671. The van der Waals surface area contributed by atoms with E-state index in [9.17, 15) is 17.6 Å². The lowest BCUT2D eigenvalue weighted by Gasteiger charge is -2.44. The molecule has 2 atom stereocenters. The molecule has 4 rings (SSSR count). The van der Waals surface area contributed by atoms with E-state index in [2.05, 4.69) is 9.88 Å². The Hall–Kier alpha value is -1.98. The van der Waals surface area contributed by atoms with Crippen LogP contribution in [0.2, 0.25) is 0 Å². The van der Waals surface area contributed by atoms with Gasteiger partial charge in [-0.25, -0.2) is 14.2 Å². The summed E-state index contributed by atoms with van der Waals surface area (Å²) in [5, 5.41) is 7.12. The molecule has 1 N–H and O–H groups in total. The number of carbonyl (C=O) groups is 1. The molecule has 0 aromatic carbocycles. The Balaban J connectivity index is 0.000000360. The molecule has 3 aliphatic rings. The van der Waals surface area contributed by atoms with Gasteiger partial charge in [0.2, 0.25) is 5.88 Å². The van der Waals surface area contributed by atoms with Crippen molar-refractivity contribution in [3.63, 3.8) is 0 Å². The van der Waals surface area contributed by atoms with E-state index >= 15 is 0 Å². The first-order chi connectivity index (χ1) is 15.2. The van der Waals surface area contributed by atoms with Crippen LogP contribution in [0.25, 0.3) is 0 Å². The number of piperidine rings is 1. The maximum atomic E-state index is 13.8. The predicted octanol–water partition coefficient (Wildman–Crippen LogP) is 3.14. The van der Waals surface area contributed by atoms with E-state index in [-0.39, 0.29) is 17.4 Å².